The largest absolute Gasteiger partial charge is 0.507 e. The highest BCUT2D eigenvalue weighted by Gasteiger charge is 2.48. The Hall–Kier alpha value is -2.86. The van der Waals surface area contributed by atoms with E-state index < -0.39 is 65.4 Å². The Morgan fingerprint density at radius 1 is 1.11 bits per heavy atom. The number of hydrogen-bond donors (Lipinski definition) is 6. The molecule has 10 heteroatoms. The Balaban J connectivity index is 1.66. The quantitative estimate of drug-likeness (QED) is 0.282. The summed E-state index contributed by atoms with van der Waals surface area (Å²) in [6, 6.07) is 5.58. The lowest BCUT2D eigenvalue weighted by Gasteiger charge is -2.44. The van der Waals surface area contributed by atoms with Crippen molar-refractivity contribution in [3.8, 4) is 11.5 Å². The van der Waals surface area contributed by atoms with Crippen molar-refractivity contribution in [2.45, 2.75) is 75.4 Å². The molecular formula is C26H30N2O8. The minimum absolute atomic E-state index is 0.0220. The molecule has 7 atom stereocenters. The van der Waals surface area contributed by atoms with Crippen molar-refractivity contribution >= 4 is 11.6 Å². The van der Waals surface area contributed by atoms with Gasteiger partial charge in [-0.15, -0.1) is 0 Å². The van der Waals surface area contributed by atoms with Crippen molar-refractivity contribution in [1.29, 1.82) is 0 Å². The average molecular weight is 499 g/mol. The van der Waals surface area contributed by atoms with Gasteiger partial charge in [0.15, 0.2) is 17.9 Å². The van der Waals surface area contributed by atoms with E-state index in [2.05, 4.69) is 0 Å². The van der Waals surface area contributed by atoms with Crippen LogP contribution in [0.25, 0.3) is 0 Å². The smallest absolute Gasteiger partial charge is 0.198 e. The lowest BCUT2D eigenvalue weighted by molar-refractivity contribution is -0.244. The number of benzene rings is 2. The first-order valence-electron chi connectivity index (χ1n) is 11.9. The van der Waals surface area contributed by atoms with Gasteiger partial charge in [-0.1, -0.05) is 24.3 Å². The van der Waals surface area contributed by atoms with Crippen molar-refractivity contribution < 1.29 is 39.5 Å². The molecule has 1 saturated heterocycles. The second-order valence-corrected chi connectivity index (χ2v) is 10.1. The molecule has 0 aromatic heterocycles. The SMILES string of the molecule is CC(O)[C@]1(N)Cc2c(O)c3c(c(O)c2[C@@H](O[C@H]2C[C@H](N)[C@H](O)[C@H](C)O2)C1)C(=O)c1ccccc1C3=O. The fourth-order valence-electron chi connectivity index (χ4n) is 5.55. The zero-order valence-corrected chi connectivity index (χ0v) is 20.0. The molecule has 8 N–H and O–H groups in total. The topological polar surface area (TPSA) is 186 Å². The number of aliphatic hydroxyl groups excluding tert-OH is 2. The van der Waals surface area contributed by atoms with Crippen molar-refractivity contribution in [2.75, 3.05) is 0 Å². The maximum atomic E-state index is 13.4. The summed E-state index contributed by atoms with van der Waals surface area (Å²) in [5.74, 6) is -2.14. The molecular weight excluding hydrogens is 468 g/mol. The first-order chi connectivity index (χ1) is 16.9. The van der Waals surface area contributed by atoms with Crippen molar-refractivity contribution in [3.05, 3.63) is 57.6 Å². The number of rotatable bonds is 3. The third-order valence-electron chi connectivity index (χ3n) is 7.75. The number of ether oxygens (including phenoxy) is 2. The van der Waals surface area contributed by atoms with Crippen LogP contribution in [0.3, 0.4) is 0 Å². The minimum atomic E-state index is -1.28. The van der Waals surface area contributed by atoms with E-state index >= 15 is 0 Å². The standard InChI is InChI=1S/C26H30N2O8/c1-10-21(30)15(27)7-17(35-10)36-16-9-26(28,11(2)29)8-14-18(16)25(34)20-19(24(14)33)22(31)12-5-3-4-6-13(12)23(20)32/h3-6,10-11,15-17,21,29-30,33-34H,7-9,27-28H2,1-2H3/t10-,11?,15-,16-,17-,21+,26-/m0/s1. The first kappa shape index (κ1) is 24.8. The Bertz CT molecular complexity index is 1250. The minimum Gasteiger partial charge on any atom is -0.507 e. The maximum Gasteiger partial charge on any atom is 0.198 e. The van der Waals surface area contributed by atoms with Crippen LogP contribution < -0.4 is 11.5 Å². The van der Waals surface area contributed by atoms with Gasteiger partial charge in [0.1, 0.15) is 11.5 Å². The molecule has 1 heterocycles. The Kier molecular flexibility index (Phi) is 5.94. The summed E-state index contributed by atoms with van der Waals surface area (Å²) in [4.78, 5) is 26.7. The summed E-state index contributed by atoms with van der Waals surface area (Å²) < 4.78 is 11.9. The van der Waals surface area contributed by atoms with E-state index in [-0.39, 0.29) is 52.6 Å². The molecule has 5 rings (SSSR count). The number of carbonyl (C=O) groups is 2. The summed E-state index contributed by atoms with van der Waals surface area (Å²) >= 11 is 0. The fourth-order valence-corrected chi connectivity index (χ4v) is 5.55. The molecule has 1 fully saturated rings. The summed E-state index contributed by atoms with van der Waals surface area (Å²) in [6.07, 6.45) is -4.35. The van der Waals surface area contributed by atoms with Gasteiger partial charge < -0.3 is 41.4 Å². The lowest BCUT2D eigenvalue weighted by Crippen LogP contribution is -2.56. The molecule has 2 aliphatic carbocycles. The number of phenolic OH excluding ortho intramolecular Hbond substituents is 2. The zero-order valence-electron chi connectivity index (χ0n) is 20.0. The lowest BCUT2D eigenvalue weighted by atomic mass is 9.70. The second-order valence-electron chi connectivity index (χ2n) is 10.1. The molecule has 36 heavy (non-hydrogen) atoms. The molecule has 2 aromatic rings. The molecule has 0 amide bonds. The third-order valence-corrected chi connectivity index (χ3v) is 7.75. The molecule has 0 saturated carbocycles. The van der Waals surface area contributed by atoms with Gasteiger partial charge in [-0.05, 0) is 26.7 Å². The molecule has 1 unspecified atom stereocenters. The van der Waals surface area contributed by atoms with E-state index in [1.807, 2.05) is 0 Å². The second kappa shape index (κ2) is 8.62. The van der Waals surface area contributed by atoms with Gasteiger partial charge in [-0.25, -0.2) is 0 Å². The van der Waals surface area contributed by atoms with Gasteiger partial charge in [0.05, 0.1) is 35.5 Å². The fraction of sp³-hybridized carbons (Fsp3) is 0.462. The van der Waals surface area contributed by atoms with E-state index in [1.165, 1.54) is 19.1 Å². The summed E-state index contributed by atoms with van der Waals surface area (Å²) in [6.45, 7) is 3.16. The Labute approximate surface area is 207 Å². The highest BCUT2D eigenvalue weighted by molar-refractivity contribution is 6.30. The van der Waals surface area contributed by atoms with Gasteiger partial charge >= 0.3 is 0 Å². The molecule has 1 aliphatic heterocycles. The van der Waals surface area contributed by atoms with Crippen LogP contribution in [0.1, 0.15) is 75.8 Å². The van der Waals surface area contributed by atoms with E-state index in [1.54, 1.807) is 19.1 Å². The Morgan fingerprint density at radius 2 is 1.69 bits per heavy atom. The summed E-state index contributed by atoms with van der Waals surface area (Å²) in [5.41, 5.74) is 11.2. The zero-order chi connectivity index (χ0) is 26.1. The predicted octanol–water partition coefficient (Wildman–Crippen LogP) is 0.779. The van der Waals surface area contributed by atoms with Gasteiger partial charge in [0, 0.05) is 40.3 Å². The van der Waals surface area contributed by atoms with Gasteiger partial charge in [-0.3, -0.25) is 9.59 Å². The van der Waals surface area contributed by atoms with Crippen LogP contribution in [-0.2, 0) is 15.9 Å². The number of aliphatic hydroxyl groups is 2. The van der Waals surface area contributed by atoms with Crippen LogP contribution in [0.15, 0.2) is 24.3 Å². The molecule has 3 aliphatic rings. The number of hydrogen-bond acceptors (Lipinski definition) is 10. The van der Waals surface area contributed by atoms with Gasteiger partial charge in [0.2, 0.25) is 0 Å². The maximum absolute atomic E-state index is 13.4. The number of nitrogens with two attached hydrogens (primary N) is 2. The van der Waals surface area contributed by atoms with Crippen molar-refractivity contribution in [1.82, 2.24) is 0 Å². The van der Waals surface area contributed by atoms with E-state index in [0.717, 1.165) is 0 Å². The third kappa shape index (κ3) is 3.64. The number of fused-ring (bicyclic) bond motifs is 3. The average Bonchev–Trinajstić information content (AvgIpc) is 2.82. The first-order valence-corrected chi connectivity index (χ1v) is 11.9. The van der Waals surface area contributed by atoms with Crippen LogP contribution in [0.5, 0.6) is 11.5 Å². The predicted molar refractivity (Wildman–Crippen MR) is 127 cm³/mol. The normalized spacial score (nSPS) is 32.4. The van der Waals surface area contributed by atoms with Crippen LogP contribution in [0, 0.1) is 0 Å². The van der Waals surface area contributed by atoms with Crippen LogP contribution in [-0.4, -0.2) is 68.2 Å². The van der Waals surface area contributed by atoms with E-state index in [0.29, 0.717) is 0 Å². The number of aromatic hydroxyl groups is 2. The highest BCUT2D eigenvalue weighted by Crippen LogP contribution is 2.51. The molecule has 10 nitrogen and oxygen atoms in total. The van der Waals surface area contributed by atoms with Crippen LogP contribution in [0.4, 0.5) is 0 Å². The van der Waals surface area contributed by atoms with Crippen molar-refractivity contribution in [2.24, 2.45) is 11.5 Å². The number of ketones is 2. The van der Waals surface area contributed by atoms with E-state index in [9.17, 15) is 30.0 Å². The Morgan fingerprint density at radius 3 is 2.25 bits per heavy atom. The monoisotopic (exact) mass is 498 g/mol. The summed E-state index contributed by atoms with van der Waals surface area (Å²) in [5, 5.41) is 43.3. The van der Waals surface area contributed by atoms with Crippen LogP contribution >= 0.6 is 0 Å². The molecule has 192 valence electrons. The van der Waals surface area contributed by atoms with Crippen LogP contribution in [0.2, 0.25) is 0 Å². The molecule has 0 bridgehead atoms. The number of carbonyl (C=O) groups excluding carboxylic acids is 2. The van der Waals surface area contributed by atoms with E-state index in [4.69, 9.17) is 20.9 Å². The molecule has 2 aromatic carbocycles. The highest BCUT2D eigenvalue weighted by atomic mass is 16.7. The molecule has 0 radical (unpaired) electrons. The molecule has 0 spiro atoms. The van der Waals surface area contributed by atoms with Gasteiger partial charge in [0.25, 0.3) is 0 Å². The van der Waals surface area contributed by atoms with Gasteiger partial charge in [-0.2, -0.15) is 0 Å². The van der Waals surface area contributed by atoms with Crippen molar-refractivity contribution in [3.63, 3.8) is 0 Å². The summed E-state index contributed by atoms with van der Waals surface area (Å²) in [7, 11) is 0. The number of phenols is 2.